The average molecular weight is 387 g/mol. The van der Waals surface area contributed by atoms with E-state index in [4.69, 9.17) is 4.74 Å². The predicted molar refractivity (Wildman–Crippen MR) is 112 cm³/mol. The van der Waals surface area contributed by atoms with E-state index in [0.29, 0.717) is 17.7 Å². The van der Waals surface area contributed by atoms with Gasteiger partial charge in [-0.25, -0.2) is 0 Å². The monoisotopic (exact) mass is 386 g/mol. The molecule has 1 atom stereocenters. The van der Waals surface area contributed by atoms with E-state index in [1.807, 2.05) is 38.3 Å². The zero-order valence-corrected chi connectivity index (χ0v) is 17.0. The molecule has 0 saturated carbocycles. The highest BCUT2D eigenvalue weighted by Gasteiger charge is 2.23. The second kappa shape index (κ2) is 10.0. The van der Waals surface area contributed by atoms with E-state index >= 15 is 0 Å². The molecule has 0 spiro atoms. The van der Waals surface area contributed by atoms with Crippen LogP contribution in [0, 0.1) is 13.8 Å². The lowest BCUT2D eigenvalue weighted by atomic mass is 10.1. The summed E-state index contributed by atoms with van der Waals surface area (Å²) in [6, 6.07) is 12.2. The Hall–Kier alpha value is -2.47. The van der Waals surface area contributed by atoms with Crippen LogP contribution in [0.15, 0.2) is 42.5 Å². The highest BCUT2D eigenvalue weighted by atomic mass is 32.2. The second-order valence-electron chi connectivity index (χ2n) is 6.37. The number of carbonyl (C=O) groups is 2. The summed E-state index contributed by atoms with van der Waals surface area (Å²) in [6.07, 6.45) is 2.51. The van der Waals surface area contributed by atoms with E-state index in [2.05, 4.69) is 10.6 Å². The number of methoxy groups -OCH3 is 1. The lowest BCUT2D eigenvalue weighted by Crippen LogP contribution is -2.44. The molecule has 0 aliphatic heterocycles. The number of carbonyl (C=O) groups excluding carboxylic acids is 2. The first-order chi connectivity index (χ1) is 12.9. The summed E-state index contributed by atoms with van der Waals surface area (Å²) in [7, 11) is 1.52. The molecule has 0 unspecified atom stereocenters. The second-order valence-corrected chi connectivity index (χ2v) is 7.36. The lowest BCUT2D eigenvalue weighted by molar-refractivity contribution is -0.118. The Morgan fingerprint density at radius 1 is 1.11 bits per heavy atom. The minimum Gasteiger partial charge on any atom is -0.496 e. The third-order valence-corrected chi connectivity index (χ3v) is 4.72. The van der Waals surface area contributed by atoms with Crippen molar-refractivity contribution in [2.75, 3.05) is 24.4 Å². The minimum atomic E-state index is -0.629. The van der Waals surface area contributed by atoms with Crippen LogP contribution >= 0.6 is 11.8 Å². The Bertz CT molecular complexity index is 788. The van der Waals surface area contributed by atoms with Crippen molar-refractivity contribution in [3.63, 3.8) is 0 Å². The van der Waals surface area contributed by atoms with Crippen LogP contribution in [0.3, 0.4) is 0 Å². The van der Waals surface area contributed by atoms with Crippen LogP contribution in [0.2, 0.25) is 0 Å². The van der Waals surface area contributed by atoms with Crippen molar-refractivity contribution >= 4 is 29.3 Å². The third-order valence-electron chi connectivity index (χ3n) is 4.07. The van der Waals surface area contributed by atoms with Crippen LogP contribution in [-0.2, 0) is 4.79 Å². The van der Waals surface area contributed by atoms with E-state index in [9.17, 15) is 9.59 Å². The Balaban J connectivity index is 2.15. The molecular formula is C21H26N2O3S. The van der Waals surface area contributed by atoms with Gasteiger partial charge in [0.1, 0.15) is 11.8 Å². The van der Waals surface area contributed by atoms with Crippen LogP contribution in [0.25, 0.3) is 0 Å². The van der Waals surface area contributed by atoms with Crippen LogP contribution in [-0.4, -0.2) is 37.0 Å². The first kappa shape index (κ1) is 20.8. The average Bonchev–Trinajstić information content (AvgIpc) is 2.63. The molecule has 5 nitrogen and oxygen atoms in total. The molecule has 2 N–H and O–H groups in total. The Morgan fingerprint density at radius 3 is 2.41 bits per heavy atom. The number of rotatable bonds is 8. The van der Waals surface area contributed by atoms with Gasteiger partial charge in [0.25, 0.3) is 5.91 Å². The number of hydrogen-bond acceptors (Lipinski definition) is 4. The van der Waals surface area contributed by atoms with Gasteiger partial charge in [0, 0.05) is 5.69 Å². The molecule has 27 heavy (non-hydrogen) atoms. The number of hydrogen-bond donors (Lipinski definition) is 2. The zero-order chi connectivity index (χ0) is 19.8. The number of ether oxygens (including phenoxy) is 1. The van der Waals surface area contributed by atoms with Crippen molar-refractivity contribution < 1.29 is 14.3 Å². The van der Waals surface area contributed by atoms with Crippen molar-refractivity contribution in [2.24, 2.45) is 0 Å². The van der Waals surface area contributed by atoms with Gasteiger partial charge in [-0.1, -0.05) is 18.2 Å². The van der Waals surface area contributed by atoms with Crippen molar-refractivity contribution in [3.05, 3.63) is 59.2 Å². The molecule has 0 radical (unpaired) electrons. The lowest BCUT2D eigenvalue weighted by Gasteiger charge is -2.19. The first-order valence-electron chi connectivity index (χ1n) is 8.76. The molecule has 2 amide bonds. The summed E-state index contributed by atoms with van der Waals surface area (Å²) in [6.45, 7) is 3.97. The van der Waals surface area contributed by atoms with Crippen molar-refractivity contribution in [2.45, 2.75) is 26.3 Å². The van der Waals surface area contributed by atoms with E-state index in [1.54, 1.807) is 36.0 Å². The predicted octanol–water partition coefficient (Wildman–Crippen LogP) is 3.80. The summed E-state index contributed by atoms with van der Waals surface area (Å²) in [5, 5.41) is 5.77. The van der Waals surface area contributed by atoms with Crippen molar-refractivity contribution in [1.82, 2.24) is 5.32 Å². The normalized spacial score (nSPS) is 11.6. The Morgan fingerprint density at radius 2 is 1.78 bits per heavy atom. The fourth-order valence-electron chi connectivity index (χ4n) is 2.85. The zero-order valence-electron chi connectivity index (χ0n) is 16.2. The number of anilines is 1. The van der Waals surface area contributed by atoms with Gasteiger partial charge in [-0.15, -0.1) is 0 Å². The molecule has 0 aliphatic rings. The molecule has 0 aliphatic carbocycles. The number of nitrogens with one attached hydrogen (secondary N) is 2. The Kier molecular flexibility index (Phi) is 7.73. The number of aryl methyl sites for hydroxylation is 2. The fourth-order valence-corrected chi connectivity index (χ4v) is 3.32. The maximum absolute atomic E-state index is 12.8. The molecule has 0 heterocycles. The quantitative estimate of drug-likeness (QED) is 0.724. The number of thioether (sulfide) groups is 1. The molecule has 2 aromatic rings. The smallest absolute Gasteiger partial charge is 0.255 e. The van der Waals surface area contributed by atoms with E-state index in [-0.39, 0.29) is 11.8 Å². The third kappa shape index (κ3) is 6.03. The molecule has 2 aromatic carbocycles. The van der Waals surface area contributed by atoms with Gasteiger partial charge >= 0.3 is 0 Å². The first-order valence-corrected chi connectivity index (χ1v) is 10.2. The van der Waals surface area contributed by atoms with E-state index < -0.39 is 6.04 Å². The number of para-hydroxylation sites is 1. The van der Waals surface area contributed by atoms with Crippen LogP contribution < -0.4 is 15.4 Å². The highest BCUT2D eigenvalue weighted by molar-refractivity contribution is 7.98. The van der Waals surface area contributed by atoms with Crippen LogP contribution in [0.5, 0.6) is 5.75 Å². The van der Waals surface area contributed by atoms with Gasteiger partial charge in [0.15, 0.2) is 0 Å². The SMILES string of the molecule is COc1ccccc1C(=O)N[C@H](CCSC)C(=O)Nc1cc(C)cc(C)c1. The van der Waals surface area contributed by atoms with Gasteiger partial charge in [0.2, 0.25) is 5.91 Å². The van der Waals surface area contributed by atoms with Gasteiger partial charge in [-0.05, 0) is 67.7 Å². The molecule has 6 heteroatoms. The molecule has 144 valence electrons. The molecule has 0 aromatic heterocycles. The van der Waals surface area contributed by atoms with E-state index in [0.717, 1.165) is 22.6 Å². The molecule has 0 bridgehead atoms. The molecular weight excluding hydrogens is 360 g/mol. The summed E-state index contributed by atoms with van der Waals surface area (Å²) in [5.74, 6) is 0.691. The maximum atomic E-state index is 12.8. The number of amides is 2. The summed E-state index contributed by atoms with van der Waals surface area (Å²) in [4.78, 5) is 25.5. The fraction of sp³-hybridized carbons (Fsp3) is 0.333. The van der Waals surface area contributed by atoms with Crippen molar-refractivity contribution in [3.8, 4) is 5.75 Å². The summed E-state index contributed by atoms with van der Waals surface area (Å²) in [5.41, 5.74) is 3.29. The minimum absolute atomic E-state index is 0.225. The largest absolute Gasteiger partial charge is 0.496 e. The van der Waals surface area contributed by atoms with Crippen LogP contribution in [0.4, 0.5) is 5.69 Å². The standard InChI is InChI=1S/C21H26N2O3S/c1-14-11-15(2)13-16(12-14)22-21(25)18(9-10-27-4)23-20(24)17-7-5-6-8-19(17)26-3/h5-8,11-13,18H,9-10H2,1-4H3,(H,22,25)(H,23,24)/t18-/m1/s1. The molecule has 0 saturated heterocycles. The van der Waals surface area contributed by atoms with Crippen LogP contribution in [0.1, 0.15) is 27.9 Å². The molecule has 0 fully saturated rings. The summed E-state index contributed by atoms with van der Waals surface area (Å²) >= 11 is 1.63. The molecule has 2 rings (SSSR count). The van der Waals surface area contributed by atoms with E-state index in [1.165, 1.54) is 7.11 Å². The van der Waals surface area contributed by atoms with Gasteiger partial charge in [-0.3, -0.25) is 9.59 Å². The maximum Gasteiger partial charge on any atom is 0.255 e. The Labute approximate surface area is 164 Å². The topological polar surface area (TPSA) is 67.4 Å². The van der Waals surface area contributed by atoms with Crippen molar-refractivity contribution in [1.29, 1.82) is 0 Å². The van der Waals surface area contributed by atoms with Gasteiger partial charge in [0.05, 0.1) is 12.7 Å². The summed E-state index contributed by atoms with van der Waals surface area (Å²) < 4.78 is 5.25. The van der Waals surface area contributed by atoms with Gasteiger partial charge < -0.3 is 15.4 Å². The highest BCUT2D eigenvalue weighted by Crippen LogP contribution is 2.18. The number of benzene rings is 2. The van der Waals surface area contributed by atoms with Gasteiger partial charge in [-0.2, -0.15) is 11.8 Å².